The summed E-state index contributed by atoms with van der Waals surface area (Å²) in [7, 11) is 3.40. The molecule has 1 heterocycles. The van der Waals surface area contributed by atoms with Crippen LogP contribution in [0.4, 0.5) is 0 Å². The van der Waals surface area contributed by atoms with Gasteiger partial charge in [0.05, 0.1) is 33.4 Å². The zero-order valence-electron chi connectivity index (χ0n) is 13.9. The molecular weight excluding hydrogens is 278 g/mol. The number of fused-ring (bicyclic) bond motifs is 2. The molecule has 2 N–H and O–H groups in total. The van der Waals surface area contributed by atoms with Gasteiger partial charge in [0.1, 0.15) is 6.54 Å². The van der Waals surface area contributed by atoms with Gasteiger partial charge in [-0.2, -0.15) is 0 Å². The maximum Gasteiger partial charge on any atom is 0.161 e. The number of benzene rings is 1. The van der Waals surface area contributed by atoms with Crippen LogP contribution in [-0.2, 0) is 12.0 Å². The number of aliphatic hydroxyl groups excluding tert-OH is 1. The number of aliphatic hydroxyl groups is 1. The van der Waals surface area contributed by atoms with E-state index in [4.69, 9.17) is 9.47 Å². The highest BCUT2D eigenvalue weighted by Gasteiger charge is 2.44. The van der Waals surface area contributed by atoms with E-state index in [2.05, 4.69) is 19.1 Å². The summed E-state index contributed by atoms with van der Waals surface area (Å²) >= 11 is 0. The first-order chi connectivity index (χ1) is 10.6. The van der Waals surface area contributed by atoms with Crippen LogP contribution in [0, 0.1) is 0 Å². The lowest BCUT2D eigenvalue weighted by atomic mass is 9.65. The summed E-state index contributed by atoms with van der Waals surface area (Å²) in [5.41, 5.74) is 3.00. The zero-order valence-corrected chi connectivity index (χ0v) is 13.9. The summed E-state index contributed by atoms with van der Waals surface area (Å²) in [4.78, 5) is 1.62. The molecule has 1 atom stereocenters. The molecule has 0 bridgehead atoms. The summed E-state index contributed by atoms with van der Waals surface area (Å²) < 4.78 is 11.0. The Hall–Kier alpha value is -1.26. The van der Waals surface area contributed by atoms with Gasteiger partial charge < -0.3 is 19.5 Å². The van der Waals surface area contributed by atoms with Gasteiger partial charge in [0, 0.05) is 11.0 Å². The maximum atomic E-state index is 9.93. The van der Waals surface area contributed by atoms with Gasteiger partial charge in [-0.1, -0.05) is 0 Å². The van der Waals surface area contributed by atoms with E-state index in [1.165, 1.54) is 17.7 Å². The molecule has 1 unspecified atom stereocenters. The summed E-state index contributed by atoms with van der Waals surface area (Å²) in [5, 5.41) is 9.93. The van der Waals surface area contributed by atoms with Crippen LogP contribution in [0.2, 0.25) is 0 Å². The molecule has 1 aromatic carbocycles. The first kappa shape index (κ1) is 15.6. The third kappa shape index (κ3) is 2.59. The summed E-state index contributed by atoms with van der Waals surface area (Å²) in [6.45, 7) is 5.61. The maximum absolute atomic E-state index is 9.93. The first-order valence-corrected chi connectivity index (χ1v) is 8.39. The average Bonchev–Trinajstić information content (AvgIpc) is 2.56. The summed E-state index contributed by atoms with van der Waals surface area (Å²) in [6, 6.07) is 4.36. The van der Waals surface area contributed by atoms with Gasteiger partial charge >= 0.3 is 0 Å². The third-order valence-corrected chi connectivity index (χ3v) is 5.62. The molecular formula is C18H28NO3+. The second kappa shape index (κ2) is 6.09. The van der Waals surface area contributed by atoms with Crippen molar-refractivity contribution in [3.63, 3.8) is 0 Å². The molecule has 4 nitrogen and oxygen atoms in total. The van der Waals surface area contributed by atoms with Crippen molar-refractivity contribution < 1.29 is 19.5 Å². The predicted molar refractivity (Wildman–Crippen MR) is 85.8 cm³/mol. The molecule has 1 aliphatic heterocycles. The number of ether oxygens (including phenoxy) is 2. The van der Waals surface area contributed by atoms with Gasteiger partial charge in [0.15, 0.2) is 11.5 Å². The number of hydrogen-bond donors (Lipinski definition) is 2. The van der Waals surface area contributed by atoms with E-state index in [-0.39, 0.29) is 11.5 Å². The fourth-order valence-electron chi connectivity index (χ4n) is 4.32. The fourth-order valence-corrected chi connectivity index (χ4v) is 4.32. The standard InChI is InChI=1S/C18H27NO3/c1-4-19-11-13-9-16(21-2)17(22-3)10-15(13)18(12-19)7-5-14(20)6-8-18/h9-10,14,20H,4-8,11-12H2,1-3H3/p+1. The molecule has 1 aromatic rings. The Balaban J connectivity index is 2.06. The fraction of sp³-hybridized carbons (Fsp3) is 0.667. The van der Waals surface area contributed by atoms with Crippen molar-refractivity contribution in [2.75, 3.05) is 27.3 Å². The van der Waals surface area contributed by atoms with E-state index in [1.807, 2.05) is 0 Å². The van der Waals surface area contributed by atoms with Gasteiger partial charge in [0.25, 0.3) is 0 Å². The van der Waals surface area contributed by atoms with Crippen LogP contribution in [0.25, 0.3) is 0 Å². The van der Waals surface area contributed by atoms with Crippen LogP contribution in [0.15, 0.2) is 12.1 Å². The average molecular weight is 306 g/mol. The van der Waals surface area contributed by atoms with Crippen molar-refractivity contribution in [3.8, 4) is 11.5 Å². The number of rotatable bonds is 3. The van der Waals surface area contributed by atoms with Gasteiger partial charge in [-0.05, 0) is 50.3 Å². The van der Waals surface area contributed by atoms with E-state index in [0.29, 0.717) is 0 Å². The topological polar surface area (TPSA) is 43.1 Å². The van der Waals surface area contributed by atoms with Crippen LogP contribution in [0.5, 0.6) is 11.5 Å². The molecule has 1 fully saturated rings. The Bertz CT molecular complexity index is 535. The van der Waals surface area contributed by atoms with Gasteiger partial charge in [-0.3, -0.25) is 0 Å². The Kier molecular flexibility index (Phi) is 4.33. The normalized spacial score (nSPS) is 30.9. The van der Waals surface area contributed by atoms with Crippen molar-refractivity contribution in [3.05, 3.63) is 23.3 Å². The molecule has 1 saturated carbocycles. The molecule has 4 heteroatoms. The summed E-state index contributed by atoms with van der Waals surface area (Å²) in [5.74, 6) is 1.65. The Labute approximate surface area is 133 Å². The van der Waals surface area contributed by atoms with E-state index < -0.39 is 0 Å². The lowest BCUT2D eigenvalue weighted by Crippen LogP contribution is -3.13. The number of nitrogens with one attached hydrogen (secondary N) is 1. The van der Waals surface area contributed by atoms with E-state index in [0.717, 1.165) is 50.3 Å². The first-order valence-electron chi connectivity index (χ1n) is 8.39. The monoisotopic (exact) mass is 306 g/mol. The smallest absolute Gasteiger partial charge is 0.161 e. The molecule has 0 radical (unpaired) electrons. The number of hydrogen-bond acceptors (Lipinski definition) is 3. The van der Waals surface area contributed by atoms with E-state index in [9.17, 15) is 5.11 Å². The molecule has 0 amide bonds. The molecule has 1 spiro atoms. The lowest BCUT2D eigenvalue weighted by Gasteiger charge is -2.45. The highest BCUT2D eigenvalue weighted by Crippen LogP contribution is 2.44. The van der Waals surface area contributed by atoms with Gasteiger partial charge in [-0.15, -0.1) is 0 Å². The minimum atomic E-state index is -0.124. The molecule has 122 valence electrons. The molecule has 0 saturated heterocycles. The Morgan fingerprint density at radius 2 is 1.82 bits per heavy atom. The molecule has 3 rings (SSSR count). The van der Waals surface area contributed by atoms with Crippen LogP contribution >= 0.6 is 0 Å². The second-order valence-corrected chi connectivity index (χ2v) is 6.83. The largest absolute Gasteiger partial charge is 0.493 e. The van der Waals surface area contributed by atoms with Crippen molar-refractivity contribution in [2.24, 2.45) is 0 Å². The minimum Gasteiger partial charge on any atom is -0.493 e. The molecule has 2 aliphatic rings. The molecule has 0 aromatic heterocycles. The van der Waals surface area contributed by atoms with Crippen LogP contribution in [-0.4, -0.2) is 38.5 Å². The van der Waals surface area contributed by atoms with Gasteiger partial charge in [0.2, 0.25) is 0 Å². The van der Waals surface area contributed by atoms with Crippen molar-refractivity contribution in [1.82, 2.24) is 0 Å². The van der Waals surface area contributed by atoms with Gasteiger partial charge in [-0.25, -0.2) is 0 Å². The third-order valence-electron chi connectivity index (χ3n) is 5.62. The lowest BCUT2D eigenvalue weighted by molar-refractivity contribution is -0.919. The second-order valence-electron chi connectivity index (χ2n) is 6.83. The van der Waals surface area contributed by atoms with E-state index >= 15 is 0 Å². The van der Waals surface area contributed by atoms with Crippen LogP contribution in [0.3, 0.4) is 0 Å². The highest BCUT2D eigenvalue weighted by atomic mass is 16.5. The highest BCUT2D eigenvalue weighted by molar-refractivity contribution is 5.50. The van der Waals surface area contributed by atoms with Crippen molar-refractivity contribution >= 4 is 0 Å². The van der Waals surface area contributed by atoms with Crippen LogP contribution in [0.1, 0.15) is 43.7 Å². The van der Waals surface area contributed by atoms with Crippen LogP contribution < -0.4 is 14.4 Å². The van der Waals surface area contributed by atoms with E-state index in [1.54, 1.807) is 19.1 Å². The molecule has 22 heavy (non-hydrogen) atoms. The summed E-state index contributed by atoms with van der Waals surface area (Å²) in [6.07, 6.45) is 3.83. The Morgan fingerprint density at radius 1 is 1.18 bits per heavy atom. The zero-order chi connectivity index (χ0) is 15.7. The quantitative estimate of drug-likeness (QED) is 0.884. The SMILES string of the molecule is CC[NH+]1Cc2cc(OC)c(OC)cc2C2(CCC(O)CC2)C1. The van der Waals surface area contributed by atoms with Crippen molar-refractivity contribution in [2.45, 2.75) is 50.7 Å². The number of methoxy groups -OCH3 is 2. The predicted octanol–water partition coefficient (Wildman–Crippen LogP) is 1.29. The number of quaternary nitrogens is 1. The Morgan fingerprint density at radius 3 is 2.41 bits per heavy atom. The minimum absolute atomic E-state index is 0.124. The molecule has 1 aliphatic carbocycles. The number of likely N-dealkylation sites (N-methyl/N-ethyl adjacent to an activating group) is 1. The van der Waals surface area contributed by atoms with Crippen molar-refractivity contribution in [1.29, 1.82) is 0 Å².